The number of hydrogen-bond donors (Lipinski definition) is 1. The van der Waals surface area contributed by atoms with Gasteiger partial charge in [-0.25, -0.2) is 26.7 Å². The van der Waals surface area contributed by atoms with Crippen molar-refractivity contribution in [2.75, 3.05) is 0 Å². The lowest BCUT2D eigenvalue weighted by Gasteiger charge is -2.17. The van der Waals surface area contributed by atoms with Gasteiger partial charge in [0.25, 0.3) is 5.91 Å². The van der Waals surface area contributed by atoms with Gasteiger partial charge in [0.1, 0.15) is 5.54 Å². The fraction of sp³-hybridized carbons (Fsp3) is 0.308. The molecule has 3 amide bonds. The molecule has 1 heterocycles. The topological polar surface area (TPSA) is 61.8 Å². The second kappa shape index (κ2) is 5.60. The molecule has 1 aliphatic heterocycles. The molecular weight excluding hydrogens is 325 g/mol. The van der Waals surface area contributed by atoms with Crippen LogP contribution in [0.25, 0.3) is 0 Å². The van der Waals surface area contributed by atoms with Gasteiger partial charge in [-0.05, 0) is 13.3 Å². The molecule has 0 bridgehead atoms. The Hall–Kier alpha value is -2.52. The molecule has 1 aliphatic rings. The van der Waals surface area contributed by atoms with E-state index in [1.807, 2.05) is 0 Å². The van der Waals surface area contributed by atoms with E-state index >= 15 is 0 Å². The average Bonchev–Trinajstić information content (AvgIpc) is 2.74. The Morgan fingerprint density at radius 2 is 1.52 bits per heavy atom. The minimum Gasteiger partial charge on any atom is -0.322 e. The van der Waals surface area contributed by atoms with Gasteiger partial charge in [-0.3, -0.25) is 4.79 Å². The zero-order valence-corrected chi connectivity index (χ0v) is 11.9. The van der Waals surface area contributed by atoms with Crippen molar-refractivity contribution in [3.05, 3.63) is 34.6 Å². The van der Waals surface area contributed by atoms with Crippen molar-refractivity contribution in [3.8, 4) is 0 Å². The lowest BCUT2D eigenvalue weighted by Crippen LogP contribution is -2.42. The summed E-state index contributed by atoms with van der Waals surface area (Å²) < 4.78 is 66.0. The van der Waals surface area contributed by atoms with Crippen molar-refractivity contribution in [1.82, 2.24) is 10.3 Å². The number of hydrazone groups is 1. The third kappa shape index (κ3) is 2.53. The number of amides is 3. The van der Waals surface area contributed by atoms with Crippen molar-refractivity contribution in [2.45, 2.75) is 25.8 Å². The van der Waals surface area contributed by atoms with E-state index in [2.05, 4.69) is 10.4 Å². The highest BCUT2D eigenvalue weighted by Gasteiger charge is 2.47. The van der Waals surface area contributed by atoms with Gasteiger partial charge in [-0.15, -0.1) is 5.01 Å². The zero-order chi connectivity index (χ0) is 17.5. The smallest absolute Gasteiger partial charge is 0.322 e. The molecule has 1 aromatic rings. The van der Waals surface area contributed by atoms with Crippen LogP contribution < -0.4 is 5.32 Å². The monoisotopic (exact) mass is 335 g/mol. The van der Waals surface area contributed by atoms with Crippen molar-refractivity contribution < 1.29 is 31.5 Å². The highest BCUT2D eigenvalue weighted by Crippen LogP contribution is 2.23. The minimum atomic E-state index is -2.31. The Bertz CT molecular complexity index is 708. The maximum Gasteiger partial charge on any atom is 0.346 e. The third-order valence-electron chi connectivity index (χ3n) is 3.49. The van der Waals surface area contributed by atoms with Gasteiger partial charge in [0.2, 0.25) is 5.82 Å². The number of carbonyl (C=O) groups is 2. The maximum absolute atomic E-state index is 13.5. The van der Waals surface area contributed by atoms with E-state index in [9.17, 15) is 31.5 Å². The lowest BCUT2D eigenvalue weighted by molar-refractivity contribution is -0.130. The quantitative estimate of drug-likeness (QED) is 0.303. The van der Waals surface area contributed by atoms with Crippen molar-refractivity contribution >= 4 is 18.2 Å². The molecule has 5 nitrogen and oxygen atoms in total. The van der Waals surface area contributed by atoms with Crippen LogP contribution in [0.15, 0.2) is 5.10 Å². The van der Waals surface area contributed by atoms with E-state index in [4.69, 9.17) is 0 Å². The van der Waals surface area contributed by atoms with Crippen LogP contribution in [0, 0.1) is 29.1 Å². The van der Waals surface area contributed by atoms with Crippen LogP contribution in [0.2, 0.25) is 0 Å². The van der Waals surface area contributed by atoms with Gasteiger partial charge in [-0.2, -0.15) is 5.10 Å². The fourth-order valence-electron chi connectivity index (χ4n) is 1.86. The van der Waals surface area contributed by atoms with Gasteiger partial charge < -0.3 is 5.32 Å². The second-order valence-electron chi connectivity index (χ2n) is 4.96. The van der Waals surface area contributed by atoms with Gasteiger partial charge in [0.05, 0.1) is 11.8 Å². The lowest BCUT2D eigenvalue weighted by atomic mass is 10.00. The molecule has 1 aromatic carbocycles. The largest absolute Gasteiger partial charge is 0.346 e. The first-order valence-electron chi connectivity index (χ1n) is 6.36. The first kappa shape index (κ1) is 16.8. The Morgan fingerprint density at radius 1 is 1.04 bits per heavy atom. The predicted molar refractivity (Wildman–Crippen MR) is 67.9 cm³/mol. The van der Waals surface area contributed by atoms with Crippen molar-refractivity contribution in [2.24, 2.45) is 5.10 Å². The van der Waals surface area contributed by atoms with Gasteiger partial charge in [0.15, 0.2) is 23.3 Å². The van der Waals surface area contributed by atoms with Crippen molar-refractivity contribution in [3.63, 3.8) is 0 Å². The van der Waals surface area contributed by atoms with Gasteiger partial charge in [-0.1, -0.05) is 6.92 Å². The first-order chi connectivity index (χ1) is 10.6. The standard InChI is InChI=1S/C13H10F5N3O2/c1-3-13(2)11(22)21(12(23)20-13)19-4-5-6(14)8(16)10(18)9(17)7(5)15/h4H,3H2,1-2H3,(H,20,23)/b19-4-/t13-/m0/s1. The maximum atomic E-state index is 13.5. The summed E-state index contributed by atoms with van der Waals surface area (Å²) in [4.78, 5) is 23.6. The molecule has 0 radical (unpaired) electrons. The number of urea groups is 1. The number of halogens is 5. The number of nitrogens with zero attached hydrogens (tertiary/aromatic N) is 2. The molecule has 10 heteroatoms. The van der Waals surface area contributed by atoms with Crippen LogP contribution in [0.5, 0.6) is 0 Å². The molecule has 0 aliphatic carbocycles. The summed E-state index contributed by atoms with van der Waals surface area (Å²) in [6.45, 7) is 3.01. The Labute approximate surface area is 126 Å². The second-order valence-corrected chi connectivity index (χ2v) is 4.96. The summed E-state index contributed by atoms with van der Waals surface area (Å²) >= 11 is 0. The molecule has 1 fully saturated rings. The van der Waals surface area contributed by atoms with Crippen LogP contribution in [0.1, 0.15) is 25.8 Å². The van der Waals surface area contributed by atoms with Crippen LogP contribution in [-0.4, -0.2) is 28.7 Å². The molecule has 0 spiro atoms. The minimum absolute atomic E-state index is 0.214. The van der Waals surface area contributed by atoms with E-state index in [0.29, 0.717) is 0 Å². The Balaban J connectivity index is 2.43. The number of carbonyl (C=O) groups excluding carboxylic acids is 2. The summed E-state index contributed by atoms with van der Waals surface area (Å²) in [5, 5.41) is 5.81. The highest BCUT2D eigenvalue weighted by atomic mass is 19.2. The van der Waals surface area contributed by atoms with E-state index in [1.165, 1.54) is 6.92 Å². The number of benzene rings is 1. The normalized spacial score (nSPS) is 21.4. The SMILES string of the molecule is CC[C@]1(C)NC(=O)N(/N=C\c2c(F)c(F)c(F)c(F)c2F)C1=O. The summed E-state index contributed by atoms with van der Waals surface area (Å²) in [6.07, 6.45) is 0.446. The third-order valence-corrected chi connectivity index (χ3v) is 3.49. The molecule has 2 rings (SSSR count). The summed E-state index contributed by atoms with van der Waals surface area (Å²) in [7, 11) is 0. The Morgan fingerprint density at radius 3 is 1.96 bits per heavy atom. The predicted octanol–water partition coefficient (Wildman–Crippen LogP) is 2.44. The number of imide groups is 1. The molecule has 124 valence electrons. The number of rotatable bonds is 3. The van der Waals surface area contributed by atoms with E-state index in [1.54, 1.807) is 6.92 Å². The van der Waals surface area contributed by atoms with Crippen molar-refractivity contribution in [1.29, 1.82) is 0 Å². The number of hydrogen-bond acceptors (Lipinski definition) is 3. The summed E-state index contributed by atoms with van der Waals surface area (Å²) in [5.74, 6) is -11.7. The molecule has 1 N–H and O–H groups in total. The highest BCUT2D eigenvalue weighted by molar-refractivity contribution is 6.07. The summed E-state index contributed by atoms with van der Waals surface area (Å²) in [5.41, 5.74) is -2.61. The Kier molecular flexibility index (Phi) is 4.10. The number of nitrogens with one attached hydrogen (secondary N) is 1. The van der Waals surface area contributed by atoms with Crippen LogP contribution in [0.4, 0.5) is 26.7 Å². The van der Waals surface area contributed by atoms with Gasteiger partial charge >= 0.3 is 6.03 Å². The van der Waals surface area contributed by atoms with E-state index in [0.717, 1.165) is 0 Å². The van der Waals surface area contributed by atoms with Crippen LogP contribution in [0.3, 0.4) is 0 Å². The zero-order valence-electron chi connectivity index (χ0n) is 11.9. The summed E-state index contributed by atoms with van der Waals surface area (Å²) in [6, 6.07) is -0.973. The molecule has 0 saturated carbocycles. The molecule has 1 saturated heterocycles. The van der Waals surface area contributed by atoms with E-state index < -0.39 is 52.1 Å². The van der Waals surface area contributed by atoms with Crippen LogP contribution >= 0.6 is 0 Å². The molecule has 0 unspecified atom stereocenters. The van der Waals surface area contributed by atoms with E-state index in [-0.39, 0.29) is 17.6 Å². The first-order valence-corrected chi connectivity index (χ1v) is 6.36. The fourth-order valence-corrected chi connectivity index (χ4v) is 1.86. The van der Waals surface area contributed by atoms with Crippen LogP contribution in [-0.2, 0) is 4.79 Å². The molecule has 0 aromatic heterocycles. The molecule has 23 heavy (non-hydrogen) atoms. The molecular formula is C13H10F5N3O2. The van der Waals surface area contributed by atoms with Gasteiger partial charge in [0, 0.05) is 0 Å². The average molecular weight is 335 g/mol. The molecule has 1 atom stereocenters.